The van der Waals surface area contributed by atoms with Crippen molar-refractivity contribution in [1.82, 2.24) is 0 Å². The predicted molar refractivity (Wildman–Crippen MR) is 68.0 cm³/mol. The van der Waals surface area contributed by atoms with E-state index in [0.29, 0.717) is 10.6 Å². The van der Waals surface area contributed by atoms with Gasteiger partial charge in [0, 0.05) is 10.3 Å². The van der Waals surface area contributed by atoms with Crippen LogP contribution < -0.4 is 5.73 Å². The minimum Gasteiger partial charge on any atom is -0.366 e. The van der Waals surface area contributed by atoms with Gasteiger partial charge in [0.2, 0.25) is 0 Å². The molecule has 0 aliphatic heterocycles. The molecule has 0 saturated carbocycles. The summed E-state index contributed by atoms with van der Waals surface area (Å²) >= 11 is 7.39. The summed E-state index contributed by atoms with van der Waals surface area (Å²) in [7, 11) is 0. The molecule has 0 spiro atoms. The Kier molecular flexibility index (Phi) is 2.99. The number of amides is 1. The van der Waals surface area contributed by atoms with E-state index in [4.69, 9.17) is 17.3 Å². The quantitative estimate of drug-likeness (QED) is 0.873. The fraction of sp³-hybridized carbons (Fsp3) is 0.0833. The maximum absolute atomic E-state index is 11.3. The van der Waals surface area contributed by atoms with Gasteiger partial charge in [-0.1, -0.05) is 35.9 Å². The molecule has 2 rings (SSSR count). The number of hydrogen-bond acceptors (Lipinski definition) is 2. The van der Waals surface area contributed by atoms with E-state index in [2.05, 4.69) is 0 Å². The van der Waals surface area contributed by atoms with Gasteiger partial charge in [-0.15, -0.1) is 11.3 Å². The fourth-order valence-electron chi connectivity index (χ4n) is 1.59. The number of rotatable bonds is 2. The number of carbonyl (C=O) groups excluding carboxylic acids is 1. The normalized spacial score (nSPS) is 10.4. The van der Waals surface area contributed by atoms with E-state index < -0.39 is 5.91 Å². The van der Waals surface area contributed by atoms with Crippen molar-refractivity contribution < 1.29 is 4.79 Å². The first-order valence-electron chi connectivity index (χ1n) is 4.74. The third-order valence-electron chi connectivity index (χ3n) is 2.38. The first-order valence-corrected chi connectivity index (χ1v) is 6.00. The van der Waals surface area contributed by atoms with Crippen molar-refractivity contribution in [3.63, 3.8) is 0 Å². The molecule has 0 fully saturated rings. The molecule has 0 bridgehead atoms. The standard InChI is InChI=1S/C12H10ClNOS/c1-7-4-2-3-5-8(7)11-10(12(14)15)9(13)6-16-11/h2-6H,1H3,(H2,14,15). The molecule has 1 aromatic heterocycles. The Morgan fingerprint density at radius 3 is 2.69 bits per heavy atom. The van der Waals surface area contributed by atoms with E-state index in [1.807, 2.05) is 31.2 Å². The lowest BCUT2D eigenvalue weighted by atomic mass is 10.0. The number of carbonyl (C=O) groups is 1. The minimum absolute atomic E-state index is 0.418. The summed E-state index contributed by atoms with van der Waals surface area (Å²) in [5, 5.41) is 2.17. The smallest absolute Gasteiger partial charge is 0.251 e. The molecule has 4 heteroatoms. The molecule has 0 aliphatic rings. The van der Waals surface area contributed by atoms with Crippen molar-refractivity contribution in [1.29, 1.82) is 0 Å². The van der Waals surface area contributed by atoms with E-state index in [1.165, 1.54) is 11.3 Å². The average Bonchev–Trinajstić information content (AvgIpc) is 2.61. The second-order valence-electron chi connectivity index (χ2n) is 3.47. The number of thiophene rings is 1. The Morgan fingerprint density at radius 2 is 2.06 bits per heavy atom. The van der Waals surface area contributed by atoms with E-state index in [0.717, 1.165) is 16.0 Å². The summed E-state index contributed by atoms with van der Waals surface area (Å²) in [4.78, 5) is 12.2. The molecule has 0 aliphatic carbocycles. The van der Waals surface area contributed by atoms with Crippen molar-refractivity contribution in [2.24, 2.45) is 5.73 Å². The molecule has 0 atom stereocenters. The summed E-state index contributed by atoms with van der Waals surface area (Å²) in [5.74, 6) is -0.482. The number of nitrogens with two attached hydrogens (primary N) is 1. The lowest BCUT2D eigenvalue weighted by Gasteiger charge is -2.04. The zero-order valence-electron chi connectivity index (χ0n) is 8.66. The van der Waals surface area contributed by atoms with Crippen molar-refractivity contribution >= 4 is 28.8 Å². The number of aryl methyl sites for hydroxylation is 1. The molecule has 1 heterocycles. The highest BCUT2D eigenvalue weighted by atomic mass is 35.5. The van der Waals surface area contributed by atoms with E-state index in [9.17, 15) is 4.79 Å². The maximum atomic E-state index is 11.3. The first kappa shape index (κ1) is 11.2. The van der Waals surface area contributed by atoms with Crippen molar-refractivity contribution in [3.05, 3.63) is 45.8 Å². The van der Waals surface area contributed by atoms with Gasteiger partial charge in [0.1, 0.15) is 0 Å². The largest absolute Gasteiger partial charge is 0.366 e. The Labute approximate surface area is 103 Å². The van der Waals surface area contributed by atoms with Gasteiger partial charge in [0.05, 0.1) is 10.6 Å². The molecule has 16 heavy (non-hydrogen) atoms. The molecule has 82 valence electrons. The number of hydrogen-bond donors (Lipinski definition) is 1. The van der Waals surface area contributed by atoms with Crippen LogP contribution in [0.4, 0.5) is 0 Å². The molecule has 2 N–H and O–H groups in total. The van der Waals surface area contributed by atoms with Crippen LogP contribution in [0.5, 0.6) is 0 Å². The molecule has 1 aromatic carbocycles. The van der Waals surface area contributed by atoms with Gasteiger partial charge >= 0.3 is 0 Å². The zero-order chi connectivity index (χ0) is 11.7. The highest BCUT2D eigenvalue weighted by molar-refractivity contribution is 7.14. The van der Waals surface area contributed by atoms with Gasteiger partial charge in [-0.2, -0.15) is 0 Å². The molecule has 2 nitrogen and oxygen atoms in total. The topological polar surface area (TPSA) is 43.1 Å². The van der Waals surface area contributed by atoms with Crippen LogP contribution in [0, 0.1) is 6.92 Å². The zero-order valence-corrected chi connectivity index (χ0v) is 10.2. The molecule has 0 unspecified atom stereocenters. The highest BCUT2D eigenvalue weighted by Gasteiger charge is 2.17. The van der Waals surface area contributed by atoms with Crippen molar-refractivity contribution in [2.45, 2.75) is 6.92 Å². The second-order valence-corrected chi connectivity index (χ2v) is 4.75. The van der Waals surface area contributed by atoms with Crippen LogP contribution >= 0.6 is 22.9 Å². The Hall–Kier alpha value is -1.32. The van der Waals surface area contributed by atoms with Crippen LogP contribution in [0.2, 0.25) is 5.02 Å². The van der Waals surface area contributed by atoms with Crippen LogP contribution in [0.25, 0.3) is 10.4 Å². The Balaban J connectivity index is 2.66. The van der Waals surface area contributed by atoms with Crippen molar-refractivity contribution in [3.8, 4) is 10.4 Å². The summed E-state index contributed by atoms with van der Waals surface area (Å²) in [6, 6.07) is 7.84. The summed E-state index contributed by atoms with van der Waals surface area (Å²) in [6.45, 7) is 1.99. The summed E-state index contributed by atoms with van der Waals surface area (Å²) in [6.07, 6.45) is 0. The number of benzene rings is 1. The van der Waals surface area contributed by atoms with Gasteiger partial charge in [0.15, 0.2) is 0 Å². The highest BCUT2D eigenvalue weighted by Crippen LogP contribution is 2.36. The molecule has 1 amide bonds. The molecular formula is C12H10ClNOS. The van der Waals surface area contributed by atoms with Crippen molar-refractivity contribution in [2.75, 3.05) is 0 Å². The third kappa shape index (κ3) is 1.84. The summed E-state index contributed by atoms with van der Waals surface area (Å²) in [5.41, 5.74) is 7.86. The minimum atomic E-state index is -0.482. The average molecular weight is 252 g/mol. The molecule has 2 aromatic rings. The van der Waals surface area contributed by atoms with Gasteiger partial charge < -0.3 is 5.73 Å². The van der Waals surface area contributed by atoms with Crippen LogP contribution in [0.3, 0.4) is 0 Å². The SMILES string of the molecule is Cc1ccccc1-c1scc(Cl)c1C(N)=O. The number of halogens is 1. The maximum Gasteiger partial charge on any atom is 0.251 e. The lowest BCUT2D eigenvalue weighted by Crippen LogP contribution is -2.11. The van der Waals surface area contributed by atoms with Crippen LogP contribution in [-0.4, -0.2) is 5.91 Å². The van der Waals surface area contributed by atoms with E-state index >= 15 is 0 Å². The van der Waals surface area contributed by atoms with Crippen LogP contribution in [0.15, 0.2) is 29.6 Å². The van der Waals surface area contributed by atoms with Gasteiger partial charge in [-0.05, 0) is 18.1 Å². The van der Waals surface area contributed by atoms with Gasteiger partial charge in [0.25, 0.3) is 5.91 Å². The van der Waals surface area contributed by atoms with Gasteiger partial charge in [-0.3, -0.25) is 4.79 Å². The predicted octanol–water partition coefficient (Wildman–Crippen LogP) is 3.48. The monoisotopic (exact) mass is 251 g/mol. The molecular weight excluding hydrogens is 242 g/mol. The third-order valence-corrected chi connectivity index (χ3v) is 3.82. The first-order chi connectivity index (χ1) is 7.61. The molecule has 0 saturated heterocycles. The van der Waals surface area contributed by atoms with E-state index in [1.54, 1.807) is 5.38 Å². The van der Waals surface area contributed by atoms with E-state index in [-0.39, 0.29) is 0 Å². The van der Waals surface area contributed by atoms with Gasteiger partial charge in [-0.25, -0.2) is 0 Å². The molecule has 0 radical (unpaired) electrons. The second kappa shape index (κ2) is 4.28. The van der Waals surface area contributed by atoms with Crippen LogP contribution in [-0.2, 0) is 0 Å². The Bertz CT molecular complexity index is 548. The Morgan fingerprint density at radius 1 is 1.38 bits per heavy atom. The fourth-order valence-corrected chi connectivity index (χ4v) is 2.99. The van der Waals surface area contributed by atoms with Crippen LogP contribution in [0.1, 0.15) is 15.9 Å². The lowest BCUT2D eigenvalue weighted by molar-refractivity contribution is 0.100. The summed E-state index contributed by atoms with van der Waals surface area (Å²) < 4.78 is 0. The number of primary amides is 1.